The van der Waals surface area contributed by atoms with Crippen LogP contribution < -0.4 is 0 Å². The molecule has 0 N–H and O–H groups in total. The highest BCUT2D eigenvalue weighted by molar-refractivity contribution is 9.09. The van der Waals surface area contributed by atoms with Crippen molar-refractivity contribution in [1.82, 2.24) is 0 Å². The van der Waals surface area contributed by atoms with Crippen LogP contribution in [0.3, 0.4) is 0 Å². The van der Waals surface area contributed by atoms with Crippen LogP contribution in [-0.4, -0.2) is 17.6 Å². The SMILES string of the molecule is O=C(BS)CBr. The first kappa shape index (κ1) is 6.56. The Morgan fingerprint density at radius 2 is 2.50 bits per heavy atom. The average molecular weight is 167 g/mol. The molecule has 0 aromatic carbocycles. The first-order valence-electron chi connectivity index (χ1n) is 1.49. The van der Waals surface area contributed by atoms with Crippen molar-refractivity contribution in [3.8, 4) is 0 Å². The molecule has 0 saturated heterocycles. The predicted octanol–water partition coefficient (Wildman–Crippen LogP) is 0.189. The van der Waals surface area contributed by atoms with E-state index in [0.717, 1.165) is 0 Å². The Bertz CT molecular complexity index is 51.5. The lowest BCUT2D eigenvalue weighted by Crippen LogP contribution is -2.02. The number of carbonyl (C=O) groups is 1. The minimum atomic E-state index is 0.123. The molecule has 0 aliphatic carbocycles. The summed E-state index contributed by atoms with van der Waals surface area (Å²) >= 11 is 6.69. The molecule has 6 heavy (non-hydrogen) atoms. The lowest BCUT2D eigenvalue weighted by molar-refractivity contribution is -0.109. The number of rotatable bonds is 2. The smallest absolute Gasteiger partial charge is 0.268 e. The van der Waals surface area contributed by atoms with E-state index in [2.05, 4.69) is 28.4 Å². The van der Waals surface area contributed by atoms with E-state index in [0.29, 0.717) is 11.9 Å². The van der Waals surface area contributed by atoms with Crippen LogP contribution in [0.5, 0.6) is 0 Å². The van der Waals surface area contributed by atoms with Crippen LogP contribution in [0.1, 0.15) is 0 Å². The maximum atomic E-state index is 10.1. The second-order valence-corrected chi connectivity index (χ2v) is 1.71. The molecule has 0 unspecified atom stereocenters. The number of alkyl halides is 1. The van der Waals surface area contributed by atoms with Gasteiger partial charge in [0.25, 0.3) is 6.56 Å². The molecule has 0 aromatic heterocycles. The third kappa shape index (κ3) is 2.78. The molecular formula is C2H4BBrOS. The minimum Gasteiger partial charge on any atom is -0.309 e. The fraction of sp³-hybridized carbons (Fsp3) is 0.500. The molecule has 0 spiro atoms. The normalized spacial score (nSPS) is 7.67. The van der Waals surface area contributed by atoms with Crippen LogP contribution in [0.4, 0.5) is 0 Å². The van der Waals surface area contributed by atoms with Gasteiger partial charge in [-0.3, -0.25) is 0 Å². The topological polar surface area (TPSA) is 17.1 Å². The van der Waals surface area contributed by atoms with Crippen LogP contribution in [0, 0.1) is 0 Å². The van der Waals surface area contributed by atoms with E-state index in [4.69, 9.17) is 0 Å². The van der Waals surface area contributed by atoms with Gasteiger partial charge in [-0.25, -0.2) is 12.5 Å². The lowest BCUT2D eigenvalue weighted by Gasteiger charge is -1.77. The number of hydrogen-bond acceptors (Lipinski definition) is 2. The summed E-state index contributed by atoms with van der Waals surface area (Å²) in [4.78, 5) is 10.1. The molecule has 0 amide bonds. The molecule has 0 aliphatic rings. The quantitative estimate of drug-likeness (QED) is 0.352. The Hall–Kier alpha value is 0.565. The van der Waals surface area contributed by atoms with E-state index in [1.807, 2.05) is 0 Å². The van der Waals surface area contributed by atoms with Gasteiger partial charge >= 0.3 is 0 Å². The molecular weight excluding hydrogens is 163 g/mol. The van der Waals surface area contributed by atoms with Crippen molar-refractivity contribution in [3.63, 3.8) is 0 Å². The Balaban J connectivity index is 2.99. The highest BCUT2D eigenvalue weighted by Crippen LogP contribution is 1.80. The predicted molar refractivity (Wildman–Crippen MR) is 34.9 cm³/mol. The van der Waals surface area contributed by atoms with E-state index in [1.165, 1.54) is 0 Å². The van der Waals surface area contributed by atoms with Gasteiger partial charge in [-0.05, 0) is 0 Å². The highest BCUT2D eigenvalue weighted by atomic mass is 79.9. The summed E-state index contributed by atoms with van der Waals surface area (Å²) in [6, 6.07) is 0. The summed E-state index contributed by atoms with van der Waals surface area (Å²) in [5.41, 5.74) is 0.123. The lowest BCUT2D eigenvalue weighted by atomic mass is 10.0. The molecule has 4 heteroatoms. The zero-order chi connectivity index (χ0) is 4.99. The Morgan fingerprint density at radius 3 is 2.50 bits per heavy atom. The van der Waals surface area contributed by atoms with E-state index >= 15 is 0 Å². The van der Waals surface area contributed by atoms with Gasteiger partial charge in [0.2, 0.25) is 0 Å². The van der Waals surface area contributed by atoms with Crippen LogP contribution >= 0.6 is 28.4 Å². The maximum Gasteiger partial charge on any atom is 0.268 e. The van der Waals surface area contributed by atoms with Crippen LogP contribution in [-0.2, 0) is 4.79 Å². The van der Waals surface area contributed by atoms with Gasteiger partial charge in [-0.1, -0.05) is 15.9 Å². The molecule has 34 valence electrons. The van der Waals surface area contributed by atoms with Gasteiger partial charge in [0, 0.05) is 0 Å². The van der Waals surface area contributed by atoms with E-state index in [1.54, 1.807) is 0 Å². The third-order valence-corrected chi connectivity index (χ3v) is 1.30. The zero-order valence-electron chi connectivity index (χ0n) is 3.15. The molecule has 0 aromatic rings. The number of hydrogen-bond donors (Lipinski definition) is 1. The minimum absolute atomic E-state index is 0.123. The molecule has 0 heterocycles. The summed E-state index contributed by atoms with van der Waals surface area (Å²) in [6.07, 6.45) is 0. The fourth-order valence-electron chi connectivity index (χ4n) is 0.0423. The van der Waals surface area contributed by atoms with Crippen molar-refractivity contribution >= 4 is 40.7 Å². The second-order valence-electron chi connectivity index (χ2n) is 0.830. The molecule has 0 fully saturated rings. The van der Waals surface area contributed by atoms with Crippen molar-refractivity contribution in [2.24, 2.45) is 0 Å². The van der Waals surface area contributed by atoms with Crippen molar-refractivity contribution in [2.45, 2.75) is 0 Å². The number of thiol groups is 1. The van der Waals surface area contributed by atoms with Crippen molar-refractivity contribution < 1.29 is 4.79 Å². The van der Waals surface area contributed by atoms with Gasteiger partial charge in [-0.2, -0.15) is 0 Å². The fourth-order valence-corrected chi connectivity index (χ4v) is 0.659. The molecule has 0 saturated carbocycles. The molecule has 0 bridgehead atoms. The molecule has 0 atom stereocenters. The monoisotopic (exact) mass is 166 g/mol. The molecule has 1 nitrogen and oxygen atoms in total. The van der Waals surface area contributed by atoms with Gasteiger partial charge < -0.3 is 4.79 Å². The van der Waals surface area contributed by atoms with Gasteiger partial charge in [-0.15, -0.1) is 0 Å². The second kappa shape index (κ2) is 3.74. The van der Waals surface area contributed by atoms with Crippen molar-refractivity contribution in [2.75, 3.05) is 5.33 Å². The molecule has 0 rings (SSSR count). The van der Waals surface area contributed by atoms with Gasteiger partial charge in [0.1, 0.15) is 5.68 Å². The van der Waals surface area contributed by atoms with Crippen molar-refractivity contribution in [1.29, 1.82) is 0 Å². The molecule has 0 aliphatic heterocycles. The van der Waals surface area contributed by atoms with Crippen LogP contribution in [0.15, 0.2) is 0 Å². The summed E-state index contributed by atoms with van der Waals surface area (Å²) in [5, 5.41) is 0.427. The van der Waals surface area contributed by atoms with Gasteiger partial charge in [0.15, 0.2) is 0 Å². The van der Waals surface area contributed by atoms with Gasteiger partial charge in [0.05, 0.1) is 5.33 Å². The number of carbonyl (C=O) groups excluding carboxylic acids is 1. The largest absolute Gasteiger partial charge is 0.309 e. The Kier molecular flexibility index (Phi) is 4.10. The standard InChI is InChI=1S/C2H4BBrOS/c4-1-2(5)3-6/h3,6H,1H2. The number of halogens is 1. The maximum absolute atomic E-state index is 10.1. The Labute approximate surface area is 51.2 Å². The summed E-state index contributed by atoms with van der Waals surface area (Å²) < 4.78 is 0. The van der Waals surface area contributed by atoms with E-state index in [-0.39, 0.29) is 5.68 Å². The average Bonchev–Trinajstić information content (AvgIpc) is 1.65. The summed E-state index contributed by atoms with van der Waals surface area (Å²) in [7, 11) is 0. The van der Waals surface area contributed by atoms with E-state index in [9.17, 15) is 4.79 Å². The Morgan fingerprint density at radius 1 is 2.00 bits per heavy atom. The molecule has 0 radical (unpaired) electrons. The summed E-state index contributed by atoms with van der Waals surface area (Å²) in [5.74, 6) is 0. The highest BCUT2D eigenvalue weighted by Gasteiger charge is 1.92. The first-order valence-corrected chi connectivity index (χ1v) is 3.25. The third-order valence-electron chi connectivity index (χ3n) is 0.325. The zero-order valence-corrected chi connectivity index (χ0v) is 5.63. The van der Waals surface area contributed by atoms with Crippen LogP contribution in [0.25, 0.3) is 0 Å². The van der Waals surface area contributed by atoms with E-state index < -0.39 is 0 Å². The van der Waals surface area contributed by atoms with Crippen LogP contribution in [0.2, 0.25) is 0 Å². The summed E-state index contributed by atoms with van der Waals surface area (Å²) in [6.45, 7) is 0.339. The first-order chi connectivity index (χ1) is 2.81. The van der Waals surface area contributed by atoms with Crippen molar-refractivity contribution in [3.05, 3.63) is 0 Å².